The van der Waals surface area contributed by atoms with Gasteiger partial charge in [0.25, 0.3) is 0 Å². The minimum atomic E-state index is -0.163. The molecule has 5 nitrogen and oxygen atoms in total. The molecule has 0 aliphatic carbocycles. The normalized spacial score (nSPS) is 21.9. The lowest BCUT2D eigenvalue weighted by Crippen LogP contribution is -2.50. The van der Waals surface area contributed by atoms with E-state index in [0.717, 1.165) is 13.1 Å². The Bertz CT molecular complexity index is 848. The second-order valence-corrected chi connectivity index (χ2v) is 7.45. The molecule has 2 unspecified atom stereocenters. The molecule has 2 heterocycles. The van der Waals surface area contributed by atoms with Gasteiger partial charge in [0.1, 0.15) is 0 Å². The summed E-state index contributed by atoms with van der Waals surface area (Å²) in [5, 5.41) is 2.28. The highest BCUT2D eigenvalue weighted by Crippen LogP contribution is 2.36. The molecular formula is C23H27N3O2. The van der Waals surface area contributed by atoms with Crippen LogP contribution in [0.3, 0.4) is 0 Å². The maximum atomic E-state index is 12.1. The third kappa shape index (κ3) is 3.96. The lowest BCUT2D eigenvalue weighted by atomic mass is 10.0. The predicted octanol–water partition coefficient (Wildman–Crippen LogP) is 3.36. The van der Waals surface area contributed by atoms with Crippen molar-refractivity contribution in [3.8, 4) is 0 Å². The maximum absolute atomic E-state index is 12.1. The van der Waals surface area contributed by atoms with E-state index in [9.17, 15) is 4.79 Å². The summed E-state index contributed by atoms with van der Waals surface area (Å²) in [5.74, 6) is -0.163. The van der Waals surface area contributed by atoms with Crippen molar-refractivity contribution in [2.75, 3.05) is 26.2 Å². The van der Waals surface area contributed by atoms with E-state index in [1.54, 1.807) is 0 Å². The van der Waals surface area contributed by atoms with E-state index in [-0.39, 0.29) is 18.1 Å². The van der Waals surface area contributed by atoms with Crippen LogP contribution in [0.25, 0.3) is 0 Å². The number of hydrazine groups is 1. The van der Waals surface area contributed by atoms with Crippen molar-refractivity contribution in [1.82, 2.24) is 15.3 Å². The smallest absolute Gasteiger partial charge is 0.320 e. The van der Waals surface area contributed by atoms with Gasteiger partial charge >= 0.3 is 5.97 Å². The third-order valence-corrected chi connectivity index (χ3v) is 5.35. The highest BCUT2D eigenvalue weighted by molar-refractivity contribution is 5.71. The van der Waals surface area contributed by atoms with E-state index in [1.165, 1.54) is 22.4 Å². The average molecular weight is 377 g/mol. The topological polar surface area (TPSA) is 44.8 Å². The van der Waals surface area contributed by atoms with Gasteiger partial charge in [0.05, 0.1) is 25.2 Å². The van der Waals surface area contributed by atoms with Gasteiger partial charge < -0.3 is 9.75 Å². The van der Waals surface area contributed by atoms with Crippen LogP contribution in [0.5, 0.6) is 0 Å². The summed E-state index contributed by atoms with van der Waals surface area (Å²) in [5.41, 5.74) is 8.62. The Morgan fingerprint density at radius 1 is 1.11 bits per heavy atom. The molecule has 28 heavy (non-hydrogen) atoms. The van der Waals surface area contributed by atoms with Crippen LogP contribution < -0.4 is 5.43 Å². The highest BCUT2D eigenvalue weighted by atomic mass is 16.5. The Morgan fingerprint density at radius 3 is 2.57 bits per heavy atom. The first-order chi connectivity index (χ1) is 13.6. The fourth-order valence-corrected chi connectivity index (χ4v) is 3.97. The van der Waals surface area contributed by atoms with Crippen molar-refractivity contribution in [3.05, 3.63) is 83.1 Å². The van der Waals surface area contributed by atoms with Crippen molar-refractivity contribution in [3.63, 3.8) is 0 Å². The zero-order valence-corrected chi connectivity index (χ0v) is 16.5. The second-order valence-electron chi connectivity index (χ2n) is 7.45. The van der Waals surface area contributed by atoms with Crippen molar-refractivity contribution in [2.24, 2.45) is 0 Å². The summed E-state index contributed by atoms with van der Waals surface area (Å²) in [6.07, 6.45) is 2.28. The summed E-state index contributed by atoms with van der Waals surface area (Å²) in [6.45, 7) is 6.19. The van der Waals surface area contributed by atoms with E-state index in [2.05, 4.69) is 76.9 Å². The third-order valence-electron chi connectivity index (χ3n) is 5.35. The number of nitrogens with one attached hydrogen (secondary N) is 1. The zero-order chi connectivity index (χ0) is 19.5. The van der Waals surface area contributed by atoms with Crippen LogP contribution in [0.1, 0.15) is 35.7 Å². The Balaban J connectivity index is 1.59. The van der Waals surface area contributed by atoms with Crippen molar-refractivity contribution >= 4 is 5.97 Å². The van der Waals surface area contributed by atoms with Gasteiger partial charge in [-0.3, -0.25) is 9.69 Å². The van der Waals surface area contributed by atoms with Crippen LogP contribution in [-0.4, -0.2) is 42.1 Å². The van der Waals surface area contributed by atoms with Gasteiger partial charge in [-0.05, 0) is 31.1 Å². The highest BCUT2D eigenvalue weighted by Gasteiger charge is 2.37. The SMILES string of the molecule is CCOC(=O)CN1CC2=CC(c3ccc(C)cc3)NN2C(c2ccccc2)C1. The Kier molecular flexibility index (Phi) is 5.46. The number of benzene rings is 2. The van der Waals surface area contributed by atoms with Crippen LogP contribution in [0.2, 0.25) is 0 Å². The molecule has 2 aliphatic heterocycles. The minimum Gasteiger partial charge on any atom is -0.465 e. The van der Waals surface area contributed by atoms with Crippen molar-refractivity contribution < 1.29 is 9.53 Å². The number of nitrogens with zero attached hydrogens (tertiary/aromatic N) is 2. The number of carbonyl (C=O) groups excluding carboxylic acids is 1. The molecule has 0 spiro atoms. The molecule has 0 bridgehead atoms. The van der Waals surface area contributed by atoms with Crippen LogP contribution in [0, 0.1) is 6.92 Å². The minimum absolute atomic E-state index is 0.143. The predicted molar refractivity (Wildman–Crippen MR) is 109 cm³/mol. The molecule has 0 aromatic heterocycles. The number of esters is 1. The van der Waals surface area contributed by atoms with Gasteiger partial charge in [-0.1, -0.05) is 60.2 Å². The fourth-order valence-electron chi connectivity index (χ4n) is 3.97. The number of hydrogen-bond donors (Lipinski definition) is 1. The lowest BCUT2D eigenvalue weighted by molar-refractivity contribution is -0.145. The molecule has 4 rings (SSSR count). The fraction of sp³-hybridized carbons (Fsp3) is 0.348. The molecule has 2 aliphatic rings. The van der Waals surface area contributed by atoms with Crippen LogP contribution in [0.15, 0.2) is 66.4 Å². The molecule has 0 amide bonds. The van der Waals surface area contributed by atoms with Crippen LogP contribution >= 0.6 is 0 Å². The zero-order valence-electron chi connectivity index (χ0n) is 16.5. The van der Waals surface area contributed by atoms with Crippen LogP contribution in [-0.2, 0) is 9.53 Å². The standard InChI is InChI=1S/C23H27N3O2/c1-3-28-23(27)16-25-14-20-13-21(18-11-9-17(2)10-12-18)24-26(20)22(15-25)19-7-5-4-6-8-19/h4-13,21-22,24H,3,14-16H2,1-2H3. The average Bonchev–Trinajstić information content (AvgIpc) is 3.13. The first-order valence-corrected chi connectivity index (χ1v) is 9.89. The molecule has 2 aromatic rings. The van der Waals surface area contributed by atoms with Gasteiger partial charge in [-0.2, -0.15) is 0 Å². The van der Waals surface area contributed by atoms with Gasteiger partial charge in [-0.25, -0.2) is 5.43 Å². The van der Waals surface area contributed by atoms with E-state index in [1.807, 2.05) is 13.0 Å². The van der Waals surface area contributed by atoms with E-state index in [4.69, 9.17) is 4.74 Å². The first-order valence-electron chi connectivity index (χ1n) is 9.89. The molecule has 1 saturated heterocycles. The summed E-state index contributed by atoms with van der Waals surface area (Å²) in [6, 6.07) is 19.4. The second kappa shape index (κ2) is 8.17. The Morgan fingerprint density at radius 2 is 1.86 bits per heavy atom. The number of aryl methyl sites for hydroxylation is 1. The quantitative estimate of drug-likeness (QED) is 0.810. The first kappa shape index (κ1) is 18.7. The monoisotopic (exact) mass is 377 g/mol. The van der Waals surface area contributed by atoms with Crippen LogP contribution in [0.4, 0.5) is 0 Å². The van der Waals surface area contributed by atoms with Gasteiger partial charge in [0, 0.05) is 18.8 Å². The summed E-state index contributed by atoms with van der Waals surface area (Å²) in [4.78, 5) is 14.2. The number of fused-ring (bicyclic) bond motifs is 1. The molecule has 2 atom stereocenters. The molecule has 146 valence electrons. The molecule has 5 heteroatoms. The number of ether oxygens (including phenoxy) is 1. The Labute approximate surface area is 166 Å². The van der Waals surface area contributed by atoms with Gasteiger partial charge in [-0.15, -0.1) is 0 Å². The van der Waals surface area contributed by atoms with Gasteiger partial charge in [0.2, 0.25) is 0 Å². The van der Waals surface area contributed by atoms with E-state index < -0.39 is 0 Å². The number of rotatable bonds is 5. The Hall–Kier alpha value is -2.63. The summed E-state index contributed by atoms with van der Waals surface area (Å²) < 4.78 is 5.17. The molecular weight excluding hydrogens is 350 g/mol. The van der Waals surface area contributed by atoms with Crippen molar-refractivity contribution in [2.45, 2.75) is 25.9 Å². The van der Waals surface area contributed by atoms with Gasteiger partial charge in [0.15, 0.2) is 0 Å². The summed E-state index contributed by atoms with van der Waals surface area (Å²) in [7, 11) is 0. The van der Waals surface area contributed by atoms with E-state index >= 15 is 0 Å². The number of piperazine rings is 1. The van der Waals surface area contributed by atoms with E-state index in [0.29, 0.717) is 13.2 Å². The number of carbonyl (C=O) groups is 1. The molecule has 2 aromatic carbocycles. The summed E-state index contributed by atoms with van der Waals surface area (Å²) >= 11 is 0. The maximum Gasteiger partial charge on any atom is 0.320 e. The largest absolute Gasteiger partial charge is 0.465 e. The lowest BCUT2D eigenvalue weighted by Gasteiger charge is -2.42. The number of hydrogen-bond acceptors (Lipinski definition) is 5. The van der Waals surface area contributed by atoms with Crippen molar-refractivity contribution in [1.29, 1.82) is 0 Å². The molecule has 0 radical (unpaired) electrons. The molecule has 1 fully saturated rings. The molecule has 1 N–H and O–H groups in total. The molecule has 0 saturated carbocycles.